The van der Waals surface area contributed by atoms with Crippen LogP contribution in [0.3, 0.4) is 0 Å². The molecule has 1 aromatic carbocycles. The van der Waals surface area contributed by atoms with Gasteiger partial charge in [-0.05, 0) is 25.1 Å². The second-order valence-electron chi connectivity index (χ2n) is 6.47. The van der Waals surface area contributed by atoms with E-state index >= 15 is 0 Å². The van der Waals surface area contributed by atoms with Crippen molar-refractivity contribution >= 4 is 39.1 Å². The van der Waals surface area contributed by atoms with Crippen LogP contribution in [0.25, 0.3) is 15.9 Å². The lowest BCUT2D eigenvalue weighted by molar-refractivity contribution is 0.0931. The van der Waals surface area contributed by atoms with Crippen LogP contribution < -0.4 is 10.6 Å². The van der Waals surface area contributed by atoms with E-state index in [1.54, 1.807) is 4.68 Å². The maximum atomic E-state index is 12.5. The second-order valence-corrected chi connectivity index (χ2v) is 7.91. The number of nitrogens with zero attached hydrogens (tertiary/aromatic N) is 2. The lowest BCUT2D eigenvalue weighted by atomic mass is 10.1. The number of amides is 1. The molecule has 8 heteroatoms. The Hall–Kier alpha value is -1.93. The van der Waals surface area contributed by atoms with Crippen molar-refractivity contribution in [3.8, 4) is 5.69 Å². The fourth-order valence-corrected chi connectivity index (χ4v) is 4.49. The van der Waals surface area contributed by atoms with Gasteiger partial charge in [-0.15, -0.1) is 11.3 Å². The van der Waals surface area contributed by atoms with E-state index < -0.39 is 6.10 Å². The molecule has 0 bridgehead atoms. The zero-order valence-electron chi connectivity index (χ0n) is 14.2. The fourth-order valence-electron chi connectivity index (χ4n) is 3.18. The van der Waals surface area contributed by atoms with Crippen molar-refractivity contribution in [2.75, 3.05) is 19.6 Å². The molecule has 0 saturated carbocycles. The number of carbonyl (C=O) groups excluding carboxylic acids is 1. The molecule has 1 aliphatic rings. The largest absolute Gasteiger partial charge is 0.391 e. The Labute approximate surface area is 159 Å². The zero-order valence-corrected chi connectivity index (χ0v) is 15.8. The predicted octanol–water partition coefficient (Wildman–Crippen LogP) is 2.36. The van der Waals surface area contributed by atoms with Crippen molar-refractivity contribution in [1.82, 2.24) is 20.4 Å². The average Bonchev–Trinajstić information content (AvgIpc) is 3.31. The molecule has 3 heterocycles. The van der Waals surface area contributed by atoms with E-state index in [1.807, 2.05) is 37.3 Å². The third-order valence-corrected chi connectivity index (χ3v) is 6.11. The van der Waals surface area contributed by atoms with Gasteiger partial charge in [0.2, 0.25) is 0 Å². The van der Waals surface area contributed by atoms with Crippen LogP contribution in [0.1, 0.15) is 15.4 Å². The molecule has 4 rings (SSSR count). The number of hydrogen-bond donors (Lipinski definition) is 3. The Morgan fingerprint density at radius 1 is 1.46 bits per heavy atom. The molecular formula is C18H19ClN4O2S. The molecule has 1 saturated heterocycles. The van der Waals surface area contributed by atoms with E-state index in [0.717, 1.165) is 21.6 Å². The van der Waals surface area contributed by atoms with Gasteiger partial charge in [0.1, 0.15) is 4.83 Å². The molecule has 0 radical (unpaired) electrons. The summed E-state index contributed by atoms with van der Waals surface area (Å²) in [7, 11) is 0. The first-order chi connectivity index (χ1) is 12.5. The normalized spacial score (nSPS) is 20.0. The lowest BCUT2D eigenvalue weighted by Crippen LogP contribution is -2.34. The van der Waals surface area contributed by atoms with E-state index in [9.17, 15) is 9.90 Å². The molecule has 2 atom stereocenters. The van der Waals surface area contributed by atoms with Crippen molar-refractivity contribution in [3.63, 3.8) is 0 Å². The minimum Gasteiger partial charge on any atom is -0.391 e. The van der Waals surface area contributed by atoms with Crippen molar-refractivity contribution in [1.29, 1.82) is 0 Å². The molecule has 2 aromatic heterocycles. The maximum absolute atomic E-state index is 12.5. The van der Waals surface area contributed by atoms with Crippen LogP contribution in [-0.4, -0.2) is 46.5 Å². The molecule has 0 spiro atoms. The van der Waals surface area contributed by atoms with Crippen molar-refractivity contribution in [2.24, 2.45) is 5.92 Å². The first kappa shape index (κ1) is 17.5. The number of fused-ring (bicyclic) bond motifs is 1. The molecule has 2 unspecified atom stereocenters. The van der Waals surface area contributed by atoms with Crippen LogP contribution in [0.4, 0.5) is 0 Å². The summed E-state index contributed by atoms with van der Waals surface area (Å²) in [5.41, 5.74) is 1.65. The number of nitrogens with one attached hydrogen (secondary N) is 2. The number of carbonyl (C=O) groups is 1. The molecule has 1 fully saturated rings. The number of hydrogen-bond acceptors (Lipinski definition) is 5. The van der Waals surface area contributed by atoms with Gasteiger partial charge in [-0.2, -0.15) is 5.10 Å². The fraction of sp³-hybridized carbons (Fsp3) is 0.333. The van der Waals surface area contributed by atoms with Gasteiger partial charge in [-0.3, -0.25) is 4.79 Å². The minimum atomic E-state index is -0.409. The summed E-state index contributed by atoms with van der Waals surface area (Å²) >= 11 is 7.70. The van der Waals surface area contributed by atoms with Gasteiger partial charge in [-0.25, -0.2) is 4.68 Å². The highest BCUT2D eigenvalue weighted by atomic mass is 35.5. The van der Waals surface area contributed by atoms with Crippen molar-refractivity contribution in [3.05, 3.63) is 45.9 Å². The second kappa shape index (κ2) is 7.00. The Bertz CT molecular complexity index is 967. The highest BCUT2D eigenvalue weighted by Crippen LogP contribution is 2.32. The number of aryl methyl sites for hydroxylation is 1. The van der Waals surface area contributed by atoms with Crippen LogP contribution >= 0.6 is 22.9 Å². The Balaban J connectivity index is 1.60. The molecule has 6 nitrogen and oxygen atoms in total. The van der Waals surface area contributed by atoms with Gasteiger partial charge in [0.05, 0.1) is 27.4 Å². The van der Waals surface area contributed by atoms with Crippen LogP contribution in [0.2, 0.25) is 5.02 Å². The Kier molecular flexibility index (Phi) is 4.71. The standard InChI is InChI=1S/C18H19ClN4O2S/c1-10-12-6-16(17(25)21-8-11-7-20-9-15(11)24)26-18(12)23(22-10)14-5-3-2-4-13(14)19/h2-6,11,15,20,24H,7-9H2,1H3,(H,21,25). The maximum Gasteiger partial charge on any atom is 0.261 e. The van der Waals surface area contributed by atoms with Crippen molar-refractivity contribution < 1.29 is 9.90 Å². The topological polar surface area (TPSA) is 79.2 Å². The van der Waals surface area contributed by atoms with E-state index in [2.05, 4.69) is 15.7 Å². The number of thiophene rings is 1. The quantitative estimate of drug-likeness (QED) is 0.639. The van der Waals surface area contributed by atoms with Gasteiger partial charge in [0, 0.05) is 30.9 Å². The van der Waals surface area contributed by atoms with E-state index in [0.29, 0.717) is 29.5 Å². The van der Waals surface area contributed by atoms with Gasteiger partial charge >= 0.3 is 0 Å². The summed E-state index contributed by atoms with van der Waals surface area (Å²) in [5.74, 6) is -0.0795. The smallest absolute Gasteiger partial charge is 0.261 e. The van der Waals surface area contributed by atoms with Crippen LogP contribution in [0, 0.1) is 12.8 Å². The number of para-hydroxylation sites is 1. The molecule has 0 aliphatic carbocycles. The summed E-state index contributed by atoms with van der Waals surface area (Å²) in [5, 5.41) is 22.0. The summed E-state index contributed by atoms with van der Waals surface area (Å²) < 4.78 is 1.79. The highest BCUT2D eigenvalue weighted by molar-refractivity contribution is 7.20. The molecule has 136 valence electrons. The van der Waals surface area contributed by atoms with E-state index in [-0.39, 0.29) is 11.8 Å². The predicted molar refractivity (Wildman–Crippen MR) is 103 cm³/mol. The van der Waals surface area contributed by atoms with Gasteiger partial charge in [0.25, 0.3) is 5.91 Å². The summed E-state index contributed by atoms with van der Waals surface area (Å²) in [6.07, 6.45) is -0.409. The number of β-amino-alcohol motifs (C(OH)–C–C–N with tert-alkyl or cyclic N) is 1. The molecule has 26 heavy (non-hydrogen) atoms. The monoisotopic (exact) mass is 390 g/mol. The lowest BCUT2D eigenvalue weighted by Gasteiger charge is -2.13. The Morgan fingerprint density at radius 2 is 2.27 bits per heavy atom. The van der Waals surface area contributed by atoms with Crippen LogP contribution in [0.15, 0.2) is 30.3 Å². The van der Waals surface area contributed by atoms with Crippen LogP contribution in [0.5, 0.6) is 0 Å². The number of benzene rings is 1. The van der Waals surface area contributed by atoms with E-state index in [4.69, 9.17) is 11.6 Å². The molecule has 3 N–H and O–H groups in total. The summed E-state index contributed by atoms with van der Waals surface area (Å²) in [6.45, 7) is 3.67. The summed E-state index contributed by atoms with van der Waals surface area (Å²) in [4.78, 5) is 14.1. The number of aliphatic hydroxyl groups is 1. The first-order valence-corrected chi connectivity index (χ1v) is 9.65. The molecule has 1 aliphatic heterocycles. The number of halogens is 1. The van der Waals surface area contributed by atoms with Crippen LogP contribution in [-0.2, 0) is 0 Å². The third-order valence-electron chi connectivity index (χ3n) is 4.68. The first-order valence-electron chi connectivity index (χ1n) is 8.45. The number of rotatable bonds is 4. The minimum absolute atomic E-state index is 0.0497. The van der Waals surface area contributed by atoms with E-state index in [1.165, 1.54) is 11.3 Å². The molecular weight excluding hydrogens is 372 g/mol. The Morgan fingerprint density at radius 3 is 3.00 bits per heavy atom. The summed E-state index contributed by atoms with van der Waals surface area (Å²) in [6, 6.07) is 9.38. The van der Waals surface area contributed by atoms with Gasteiger partial charge in [-0.1, -0.05) is 23.7 Å². The molecule has 3 aromatic rings. The van der Waals surface area contributed by atoms with Gasteiger partial charge < -0.3 is 15.7 Å². The third kappa shape index (κ3) is 3.12. The zero-order chi connectivity index (χ0) is 18.3. The van der Waals surface area contributed by atoms with Gasteiger partial charge in [0.15, 0.2) is 0 Å². The van der Waals surface area contributed by atoms with Crippen molar-refractivity contribution in [2.45, 2.75) is 13.0 Å². The number of aliphatic hydroxyl groups excluding tert-OH is 1. The molecule has 1 amide bonds. The average molecular weight is 391 g/mol. The highest BCUT2D eigenvalue weighted by Gasteiger charge is 2.26. The number of aromatic nitrogens is 2. The SMILES string of the molecule is Cc1nn(-c2ccccc2Cl)c2sc(C(=O)NCC3CNCC3O)cc12.